The van der Waals surface area contributed by atoms with Gasteiger partial charge in [-0.2, -0.15) is 0 Å². The number of aryl methyl sites for hydroxylation is 1. The number of piperidine rings is 1. The van der Waals surface area contributed by atoms with Crippen LogP contribution in [0.1, 0.15) is 51.2 Å². The first-order valence-electron chi connectivity index (χ1n) is 8.76. The molecule has 0 saturated carbocycles. The van der Waals surface area contributed by atoms with E-state index in [1.54, 1.807) is 0 Å². The molecule has 0 unspecified atom stereocenters. The summed E-state index contributed by atoms with van der Waals surface area (Å²) in [6, 6.07) is 9.41. The summed E-state index contributed by atoms with van der Waals surface area (Å²) >= 11 is 0. The minimum atomic E-state index is 0.298. The molecule has 1 heterocycles. The van der Waals surface area contributed by atoms with E-state index in [4.69, 9.17) is 0 Å². The van der Waals surface area contributed by atoms with Crippen molar-refractivity contribution < 1.29 is 4.79 Å². The smallest absolute Gasteiger partial charge is 0.222 e. The molecule has 3 heteroatoms. The molecule has 1 aliphatic heterocycles. The van der Waals surface area contributed by atoms with Crippen LogP contribution in [0.4, 0.5) is 0 Å². The van der Waals surface area contributed by atoms with Crippen LogP contribution in [0.5, 0.6) is 0 Å². The third kappa shape index (κ3) is 4.33. The summed E-state index contributed by atoms with van der Waals surface area (Å²) in [5.41, 5.74) is 2.74. The van der Waals surface area contributed by atoms with Gasteiger partial charge in [-0.05, 0) is 29.9 Å². The molecule has 3 nitrogen and oxygen atoms in total. The maximum absolute atomic E-state index is 11.9. The van der Waals surface area contributed by atoms with Gasteiger partial charge in [0.2, 0.25) is 5.91 Å². The minimum absolute atomic E-state index is 0.298. The van der Waals surface area contributed by atoms with Crippen molar-refractivity contribution in [1.29, 1.82) is 0 Å². The lowest BCUT2D eigenvalue weighted by molar-refractivity contribution is -0.133. The molecule has 0 aromatic heterocycles. The van der Waals surface area contributed by atoms with Crippen LogP contribution in [0.15, 0.2) is 24.3 Å². The SMILES string of the molecule is CCC(=O)N1CC[C@H](NCc2ccc(CC)cc2)[C@@H](CC)C1. The predicted molar refractivity (Wildman–Crippen MR) is 91.7 cm³/mol. The van der Waals surface area contributed by atoms with E-state index in [9.17, 15) is 4.79 Å². The maximum Gasteiger partial charge on any atom is 0.222 e. The number of nitrogens with one attached hydrogen (secondary N) is 1. The number of carbonyl (C=O) groups excluding carboxylic acids is 1. The van der Waals surface area contributed by atoms with Gasteiger partial charge in [0, 0.05) is 32.1 Å². The van der Waals surface area contributed by atoms with Crippen molar-refractivity contribution in [3.05, 3.63) is 35.4 Å². The molecule has 2 atom stereocenters. The maximum atomic E-state index is 11.9. The quantitative estimate of drug-likeness (QED) is 0.874. The van der Waals surface area contributed by atoms with Gasteiger partial charge in [-0.15, -0.1) is 0 Å². The van der Waals surface area contributed by atoms with Crippen molar-refractivity contribution in [2.75, 3.05) is 13.1 Å². The van der Waals surface area contributed by atoms with E-state index in [1.165, 1.54) is 11.1 Å². The number of rotatable bonds is 6. The molecule has 2 rings (SSSR count). The van der Waals surface area contributed by atoms with Crippen LogP contribution in [0.2, 0.25) is 0 Å². The first-order chi connectivity index (χ1) is 10.7. The Hall–Kier alpha value is -1.35. The van der Waals surface area contributed by atoms with Crippen molar-refractivity contribution >= 4 is 5.91 Å². The molecule has 122 valence electrons. The zero-order valence-corrected chi connectivity index (χ0v) is 14.3. The molecule has 0 radical (unpaired) electrons. The van der Waals surface area contributed by atoms with E-state index in [-0.39, 0.29) is 0 Å². The lowest BCUT2D eigenvalue weighted by atomic mass is 9.89. The Morgan fingerprint density at radius 3 is 2.45 bits per heavy atom. The van der Waals surface area contributed by atoms with Crippen molar-refractivity contribution in [2.24, 2.45) is 5.92 Å². The number of amides is 1. The molecule has 1 aromatic carbocycles. The molecule has 1 saturated heterocycles. The molecule has 0 aliphatic carbocycles. The van der Waals surface area contributed by atoms with Gasteiger partial charge in [-0.25, -0.2) is 0 Å². The summed E-state index contributed by atoms with van der Waals surface area (Å²) in [5, 5.41) is 3.72. The summed E-state index contributed by atoms with van der Waals surface area (Å²) in [4.78, 5) is 13.9. The first kappa shape index (κ1) is 17.0. The lowest BCUT2D eigenvalue weighted by Gasteiger charge is -2.38. The lowest BCUT2D eigenvalue weighted by Crippen LogP contribution is -2.50. The minimum Gasteiger partial charge on any atom is -0.342 e. The number of carbonyl (C=O) groups is 1. The van der Waals surface area contributed by atoms with Gasteiger partial charge in [0.1, 0.15) is 0 Å². The second-order valence-corrected chi connectivity index (χ2v) is 6.31. The van der Waals surface area contributed by atoms with Gasteiger partial charge in [-0.1, -0.05) is 51.5 Å². The Balaban J connectivity index is 1.87. The summed E-state index contributed by atoms with van der Waals surface area (Å²) in [7, 11) is 0. The second-order valence-electron chi connectivity index (χ2n) is 6.31. The number of nitrogens with zero attached hydrogens (tertiary/aromatic N) is 1. The van der Waals surface area contributed by atoms with Crippen LogP contribution >= 0.6 is 0 Å². The Kier molecular flexibility index (Phi) is 6.44. The highest BCUT2D eigenvalue weighted by Crippen LogP contribution is 2.21. The number of benzene rings is 1. The average Bonchev–Trinajstić information content (AvgIpc) is 2.59. The van der Waals surface area contributed by atoms with E-state index in [0.29, 0.717) is 24.3 Å². The van der Waals surface area contributed by atoms with Gasteiger partial charge in [0.15, 0.2) is 0 Å². The van der Waals surface area contributed by atoms with Gasteiger partial charge >= 0.3 is 0 Å². The second kappa shape index (κ2) is 8.33. The number of hydrogen-bond donors (Lipinski definition) is 1. The highest BCUT2D eigenvalue weighted by molar-refractivity contribution is 5.75. The van der Waals surface area contributed by atoms with E-state index in [0.717, 1.165) is 38.9 Å². The third-order valence-electron chi connectivity index (χ3n) is 4.91. The highest BCUT2D eigenvalue weighted by Gasteiger charge is 2.29. The van der Waals surface area contributed by atoms with Gasteiger partial charge in [0.05, 0.1) is 0 Å². The van der Waals surface area contributed by atoms with Crippen molar-refractivity contribution in [3.63, 3.8) is 0 Å². The van der Waals surface area contributed by atoms with Crippen molar-refractivity contribution in [3.8, 4) is 0 Å². The van der Waals surface area contributed by atoms with Crippen LogP contribution < -0.4 is 5.32 Å². The van der Waals surface area contributed by atoms with Crippen LogP contribution in [-0.4, -0.2) is 29.9 Å². The van der Waals surface area contributed by atoms with Crippen molar-refractivity contribution in [1.82, 2.24) is 10.2 Å². The fraction of sp³-hybridized carbons (Fsp3) is 0.632. The standard InChI is InChI=1S/C19H30N2O/c1-4-15-7-9-16(10-8-15)13-20-18-11-12-21(19(22)6-3)14-17(18)5-2/h7-10,17-18,20H,4-6,11-14H2,1-3H3/t17-,18-/m0/s1. The molecule has 1 aliphatic rings. The zero-order valence-electron chi connectivity index (χ0n) is 14.3. The van der Waals surface area contributed by atoms with Crippen LogP contribution in [0, 0.1) is 5.92 Å². The largest absolute Gasteiger partial charge is 0.342 e. The molecule has 22 heavy (non-hydrogen) atoms. The Morgan fingerprint density at radius 1 is 1.18 bits per heavy atom. The molecule has 1 N–H and O–H groups in total. The van der Waals surface area contributed by atoms with Crippen molar-refractivity contribution in [2.45, 2.75) is 59.0 Å². The summed E-state index contributed by atoms with van der Waals surface area (Å²) < 4.78 is 0. The monoisotopic (exact) mass is 302 g/mol. The van der Waals surface area contributed by atoms with E-state index >= 15 is 0 Å². The van der Waals surface area contributed by atoms with Crippen LogP contribution in [0.3, 0.4) is 0 Å². The summed E-state index contributed by atoms with van der Waals surface area (Å²) in [6.45, 7) is 9.10. The fourth-order valence-electron chi connectivity index (χ4n) is 3.31. The van der Waals surface area contributed by atoms with E-state index in [1.807, 2.05) is 11.8 Å². The zero-order chi connectivity index (χ0) is 15.9. The Labute approximate surface area is 135 Å². The molecule has 0 bridgehead atoms. The number of likely N-dealkylation sites (tertiary alicyclic amines) is 1. The molecule has 1 amide bonds. The summed E-state index contributed by atoms with van der Waals surface area (Å²) in [5.74, 6) is 0.867. The predicted octanol–water partition coefficient (Wildman–Crippen LogP) is 3.38. The van der Waals surface area contributed by atoms with Gasteiger partial charge in [0.25, 0.3) is 0 Å². The fourth-order valence-corrected chi connectivity index (χ4v) is 3.31. The molecular formula is C19H30N2O. The molecule has 1 fully saturated rings. The number of hydrogen-bond acceptors (Lipinski definition) is 2. The topological polar surface area (TPSA) is 32.3 Å². The first-order valence-corrected chi connectivity index (χ1v) is 8.76. The average molecular weight is 302 g/mol. The van der Waals surface area contributed by atoms with Crippen LogP contribution in [-0.2, 0) is 17.8 Å². The molecule has 1 aromatic rings. The molecule has 0 spiro atoms. The van der Waals surface area contributed by atoms with E-state index in [2.05, 4.69) is 43.4 Å². The Morgan fingerprint density at radius 2 is 1.86 bits per heavy atom. The van der Waals surface area contributed by atoms with E-state index < -0.39 is 0 Å². The third-order valence-corrected chi connectivity index (χ3v) is 4.91. The van der Waals surface area contributed by atoms with Gasteiger partial charge in [-0.3, -0.25) is 4.79 Å². The van der Waals surface area contributed by atoms with Gasteiger partial charge < -0.3 is 10.2 Å². The Bertz CT molecular complexity index is 469. The molecular weight excluding hydrogens is 272 g/mol. The normalized spacial score (nSPS) is 21.9. The highest BCUT2D eigenvalue weighted by atomic mass is 16.2. The van der Waals surface area contributed by atoms with Crippen LogP contribution in [0.25, 0.3) is 0 Å². The summed E-state index contributed by atoms with van der Waals surface area (Å²) in [6.07, 6.45) is 3.91.